The van der Waals surface area contributed by atoms with Gasteiger partial charge in [0.05, 0.1) is 31.1 Å². The molecule has 3 heterocycles. The summed E-state index contributed by atoms with van der Waals surface area (Å²) in [6.07, 6.45) is -1.71. The summed E-state index contributed by atoms with van der Waals surface area (Å²) in [5.41, 5.74) is 3.36. The van der Waals surface area contributed by atoms with Crippen LogP contribution in [0.5, 0.6) is 0 Å². The largest absolute Gasteiger partial charge is 0.396 e. The minimum absolute atomic E-state index is 0.0191. The molecule has 0 spiro atoms. The van der Waals surface area contributed by atoms with Gasteiger partial charge in [-0.05, 0) is 13.8 Å². The molecule has 0 bridgehead atoms. The van der Waals surface area contributed by atoms with E-state index in [1.54, 1.807) is 0 Å². The van der Waals surface area contributed by atoms with Gasteiger partial charge >= 0.3 is 0 Å². The molecule has 10 nitrogen and oxygen atoms in total. The minimum Gasteiger partial charge on any atom is -0.396 e. The van der Waals surface area contributed by atoms with Crippen molar-refractivity contribution in [3.63, 3.8) is 0 Å². The number of aliphatic hydroxyl groups excluding tert-OH is 2. The summed E-state index contributed by atoms with van der Waals surface area (Å²) in [5, 5.41) is 30.8. The number of aliphatic hydroxyl groups is 3. The van der Waals surface area contributed by atoms with Crippen molar-refractivity contribution in [3.05, 3.63) is 16.7 Å². The fraction of sp³-hybridized carbons (Fsp3) is 0.533. The van der Waals surface area contributed by atoms with Gasteiger partial charge in [0.25, 0.3) is 5.56 Å². The van der Waals surface area contributed by atoms with Gasteiger partial charge < -0.3 is 25.8 Å². The molecule has 0 aliphatic carbocycles. The van der Waals surface area contributed by atoms with Gasteiger partial charge in [0.15, 0.2) is 23.0 Å². The maximum absolute atomic E-state index is 11.9. The number of nitrogens with two attached hydrogens (primary N) is 1. The van der Waals surface area contributed by atoms with Crippen LogP contribution in [-0.2, 0) is 4.74 Å². The number of fused-ring (bicyclic) bond motifs is 1. The van der Waals surface area contributed by atoms with Crippen LogP contribution in [0.15, 0.2) is 11.1 Å². The van der Waals surface area contributed by atoms with Gasteiger partial charge in [0.2, 0.25) is 5.95 Å². The first-order valence-electron chi connectivity index (χ1n) is 7.66. The molecule has 1 saturated heterocycles. The van der Waals surface area contributed by atoms with Gasteiger partial charge in [-0.3, -0.25) is 14.3 Å². The molecule has 3 rings (SSSR count). The van der Waals surface area contributed by atoms with E-state index in [1.807, 2.05) is 0 Å². The van der Waals surface area contributed by atoms with E-state index in [1.165, 1.54) is 24.7 Å². The number of aromatic nitrogens is 4. The average Bonchev–Trinajstić information content (AvgIpc) is 3.06. The topological polar surface area (TPSA) is 160 Å². The lowest BCUT2D eigenvalue weighted by Crippen LogP contribution is -2.44. The fourth-order valence-electron chi connectivity index (χ4n) is 3.22. The Kier molecular flexibility index (Phi) is 4.26. The Morgan fingerprint density at radius 3 is 2.92 bits per heavy atom. The molecule has 0 amide bonds. The Labute approximate surface area is 142 Å². The zero-order chi connectivity index (χ0) is 18.4. The third-order valence-corrected chi connectivity index (χ3v) is 4.33. The van der Waals surface area contributed by atoms with Crippen molar-refractivity contribution >= 4 is 17.1 Å². The van der Waals surface area contributed by atoms with Crippen LogP contribution in [0.1, 0.15) is 20.1 Å². The molecular weight excluding hydrogens is 330 g/mol. The normalized spacial score (nSPS) is 30.2. The smallest absolute Gasteiger partial charge is 0.280 e. The lowest BCUT2D eigenvalue weighted by atomic mass is 9.84. The van der Waals surface area contributed by atoms with E-state index >= 15 is 0 Å². The number of nitrogens with one attached hydrogen (secondary N) is 1. The molecular formula is C15H19N5O5. The Balaban J connectivity index is 2.21. The summed E-state index contributed by atoms with van der Waals surface area (Å²) >= 11 is 0. The van der Waals surface area contributed by atoms with Crippen molar-refractivity contribution in [1.82, 2.24) is 19.5 Å². The number of ether oxygens (including phenoxy) is 1. The molecule has 0 aromatic carbocycles. The fourth-order valence-corrected chi connectivity index (χ4v) is 3.22. The second kappa shape index (κ2) is 6.12. The molecule has 6 N–H and O–H groups in total. The average molecular weight is 349 g/mol. The molecule has 1 fully saturated rings. The second-order valence-electron chi connectivity index (χ2n) is 5.96. The highest BCUT2D eigenvalue weighted by molar-refractivity contribution is 5.70. The van der Waals surface area contributed by atoms with Crippen LogP contribution >= 0.6 is 0 Å². The van der Waals surface area contributed by atoms with E-state index in [9.17, 15) is 20.1 Å². The van der Waals surface area contributed by atoms with Crippen LogP contribution in [-0.4, -0.2) is 59.3 Å². The van der Waals surface area contributed by atoms with Gasteiger partial charge in [-0.1, -0.05) is 5.92 Å². The van der Waals surface area contributed by atoms with Gasteiger partial charge in [-0.2, -0.15) is 4.98 Å². The van der Waals surface area contributed by atoms with Crippen LogP contribution in [0.2, 0.25) is 0 Å². The van der Waals surface area contributed by atoms with Crippen molar-refractivity contribution in [1.29, 1.82) is 0 Å². The van der Waals surface area contributed by atoms with E-state index in [0.29, 0.717) is 0 Å². The zero-order valence-electron chi connectivity index (χ0n) is 13.7. The van der Waals surface area contributed by atoms with Crippen LogP contribution in [0.4, 0.5) is 5.95 Å². The molecule has 25 heavy (non-hydrogen) atoms. The maximum Gasteiger partial charge on any atom is 0.280 e. The van der Waals surface area contributed by atoms with Crippen molar-refractivity contribution in [2.75, 3.05) is 12.3 Å². The molecule has 2 unspecified atom stereocenters. The molecule has 2 aromatic heterocycles. The molecule has 10 heteroatoms. The number of H-pyrrole nitrogens is 1. The van der Waals surface area contributed by atoms with Gasteiger partial charge in [-0.15, -0.1) is 5.92 Å². The molecule has 5 atom stereocenters. The van der Waals surface area contributed by atoms with Crippen molar-refractivity contribution in [2.45, 2.75) is 37.9 Å². The number of hydrogen-bond donors (Lipinski definition) is 5. The first-order chi connectivity index (χ1) is 11.8. The monoisotopic (exact) mass is 349 g/mol. The summed E-state index contributed by atoms with van der Waals surface area (Å²) in [7, 11) is 0. The number of hydrogen-bond acceptors (Lipinski definition) is 8. The third-order valence-electron chi connectivity index (χ3n) is 4.33. The Hall–Kier alpha value is -2.45. The maximum atomic E-state index is 11.9. The number of aromatic amines is 1. The predicted octanol–water partition coefficient (Wildman–Crippen LogP) is -1.66. The van der Waals surface area contributed by atoms with Gasteiger partial charge in [0.1, 0.15) is 0 Å². The molecule has 1 aliphatic rings. The Bertz CT molecular complexity index is 910. The summed E-state index contributed by atoms with van der Waals surface area (Å²) in [4.78, 5) is 22.3. The summed E-state index contributed by atoms with van der Waals surface area (Å²) < 4.78 is 7.12. The zero-order valence-corrected chi connectivity index (χ0v) is 13.7. The van der Waals surface area contributed by atoms with Crippen molar-refractivity contribution in [2.24, 2.45) is 5.92 Å². The van der Waals surface area contributed by atoms with Crippen molar-refractivity contribution in [3.8, 4) is 11.8 Å². The second-order valence-corrected chi connectivity index (χ2v) is 5.96. The predicted molar refractivity (Wildman–Crippen MR) is 87.1 cm³/mol. The first-order valence-corrected chi connectivity index (χ1v) is 7.66. The molecule has 2 aromatic rings. The summed E-state index contributed by atoms with van der Waals surface area (Å²) in [5.74, 6) is 4.28. The highest BCUT2D eigenvalue weighted by Gasteiger charge is 2.57. The van der Waals surface area contributed by atoms with E-state index in [2.05, 4.69) is 26.8 Å². The molecule has 0 radical (unpaired) electrons. The molecule has 134 valence electrons. The van der Waals surface area contributed by atoms with Crippen molar-refractivity contribution < 1.29 is 20.1 Å². The standard InChI is InChI=1S/C15H19N5O5/c1-3-4-15(24)8(5-21)10(7(2)22)25-13(15)20-6-17-9-11(20)18-14(16)19-12(9)23/h6-8,10,13,21-22,24H,5H2,1-2H3,(H3,16,18,19,23)/t7-,8?,10-,13-,15?/m1/s1. The number of imidazole rings is 1. The minimum atomic E-state index is -1.82. The van der Waals surface area contributed by atoms with E-state index in [-0.39, 0.29) is 17.1 Å². The van der Waals surface area contributed by atoms with E-state index in [4.69, 9.17) is 10.5 Å². The Morgan fingerprint density at radius 1 is 1.60 bits per heavy atom. The molecule has 0 saturated carbocycles. The van der Waals surface area contributed by atoms with Crippen LogP contribution < -0.4 is 11.3 Å². The van der Waals surface area contributed by atoms with Gasteiger partial charge in [0, 0.05) is 0 Å². The van der Waals surface area contributed by atoms with Crippen LogP contribution in [0, 0.1) is 17.8 Å². The van der Waals surface area contributed by atoms with Gasteiger partial charge in [-0.25, -0.2) is 4.98 Å². The van der Waals surface area contributed by atoms with E-state index in [0.717, 1.165) is 0 Å². The lowest BCUT2D eigenvalue weighted by molar-refractivity contribution is -0.0845. The number of nitrogen functional groups attached to an aromatic ring is 1. The SMILES string of the molecule is CC#CC1(O)C(CO)[C@@H]([C@@H](C)O)O[C@H]1n1cnc2c(=O)[nH]c(N)nc21. The first kappa shape index (κ1) is 17.4. The summed E-state index contributed by atoms with van der Waals surface area (Å²) in [6.45, 7) is 2.56. The lowest BCUT2D eigenvalue weighted by Gasteiger charge is -2.28. The highest BCUT2D eigenvalue weighted by atomic mass is 16.6. The quantitative estimate of drug-likeness (QED) is 0.412. The third kappa shape index (κ3) is 2.58. The van der Waals surface area contributed by atoms with E-state index < -0.39 is 42.1 Å². The number of anilines is 1. The number of rotatable bonds is 3. The molecule has 1 aliphatic heterocycles. The van der Waals surface area contributed by atoms with Crippen LogP contribution in [0.3, 0.4) is 0 Å². The summed E-state index contributed by atoms with van der Waals surface area (Å²) in [6, 6.07) is 0. The number of nitrogens with zero attached hydrogens (tertiary/aromatic N) is 3. The highest BCUT2D eigenvalue weighted by Crippen LogP contribution is 2.44. The van der Waals surface area contributed by atoms with Crippen LogP contribution in [0.25, 0.3) is 11.2 Å². The Morgan fingerprint density at radius 2 is 2.32 bits per heavy atom.